The molecule has 0 aliphatic carbocycles. The number of carbonyl (C=O) groups excluding carboxylic acids is 2. The maximum Gasteiger partial charge on any atom is 0.406 e. The summed E-state index contributed by atoms with van der Waals surface area (Å²) in [4.78, 5) is 35.0. The molecule has 1 unspecified atom stereocenters. The number of allylic oxidation sites excluding steroid dienone is 1. The highest BCUT2D eigenvalue weighted by Gasteiger charge is 2.51. The van der Waals surface area contributed by atoms with E-state index < -0.39 is 41.6 Å². The second kappa shape index (κ2) is 9.84. The van der Waals surface area contributed by atoms with E-state index in [4.69, 9.17) is 11.5 Å². The standard InChI is InChI=1S/C23H24F4N6O3/c1-4-13(9-30-12-28)16-7-14(5-6-17(16)24)23(20(35)32(2)21(29)31-23)15-8-18(19(34)36-3)33(10-15)11-22(25,26)27/h5-10,12H,4,11H2,1-3H3,(H2,28,30)(H2,29,31)/b13-9+. The van der Waals surface area contributed by atoms with E-state index in [0.29, 0.717) is 16.6 Å². The van der Waals surface area contributed by atoms with Crippen molar-refractivity contribution in [3.63, 3.8) is 0 Å². The number of hydrogen-bond donors (Lipinski definition) is 2. The zero-order valence-corrected chi connectivity index (χ0v) is 19.6. The third kappa shape index (κ3) is 4.68. The highest BCUT2D eigenvalue weighted by atomic mass is 19.4. The lowest BCUT2D eigenvalue weighted by Gasteiger charge is -2.25. The normalized spacial score (nSPS) is 18.8. The number of amides is 1. The summed E-state index contributed by atoms with van der Waals surface area (Å²) in [5.41, 5.74) is 9.34. The van der Waals surface area contributed by atoms with Crippen LogP contribution in [0.5, 0.6) is 0 Å². The molecule has 0 bridgehead atoms. The van der Waals surface area contributed by atoms with Crippen molar-refractivity contribution in [3.8, 4) is 0 Å². The molecule has 1 aliphatic heterocycles. The van der Waals surface area contributed by atoms with Gasteiger partial charge in [-0.05, 0) is 35.8 Å². The van der Waals surface area contributed by atoms with E-state index >= 15 is 0 Å². The lowest BCUT2D eigenvalue weighted by Crippen LogP contribution is -2.41. The molecule has 192 valence electrons. The Labute approximate surface area is 203 Å². The summed E-state index contributed by atoms with van der Waals surface area (Å²) in [6, 6.07) is 4.82. The van der Waals surface area contributed by atoms with Crippen LogP contribution in [0, 0.1) is 5.82 Å². The van der Waals surface area contributed by atoms with Crippen LogP contribution < -0.4 is 11.5 Å². The van der Waals surface area contributed by atoms with Crippen LogP contribution in [-0.2, 0) is 21.6 Å². The zero-order valence-electron chi connectivity index (χ0n) is 19.6. The van der Waals surface area contributed by atoms with Crippen molar-refractivity contribution >= 4 is 29.7 Å². The Kier molecular flexibility index (Phi) is 7.22. The number of guanidine groups is 1. The molecule has 0 spiro atoms. The number of likely N-dealkylation sites (N-methyl/N-ethyl adjacent to an activating group) is 1. The molecule has 1 aromatic carbocycles. The minimum Gasteiger partial charge on any atom is -0.464 e. The number of carbonyl (C=O) groups is 2. The maximum absolute atomic E-state index is 14.8. The average Bonchev–Trinajstić information content (AvgIpc) is 3.33. The Bertz CT molecular complexity index is 1280. The number of rotatable bonds is 7. The van der Waals surface area contributed by atoms with Gasteiger partial charge in [0.15, 0.2) is 11.5 Å². The van der Waals surface area contributed by atoms with Crippen LogP contribution in [0.15, 0.2) is 46.6 Å². The Morgan fingerprint density at radius 1 is 1.28 bits per heavy atom. The van der Waals surface area contributed by atoms with Crippen molar-refractivity contribution in [2.75, 3.05) is 14.2 Å². The van der Waals surface area contributed by atoms with Gasteiger partial charge in [-0.15, -0.1) is 0 Å². The second-order valence-corrected chi connectivity index (χ2v) is 7.89. The quantitative estimate of drug-likeness (QED) is 0.257. The monoisotopic (exact) mass is 508 g/mol. The first-order valence-corrected chi connectivity index (χ1v) is 10.6. The molecular weight excluding hydrogens is 484 g/mol. The Balaban J connectivity index is 2.33. The summed E-state index contributed by atoms with van der Waals surface area (Å²) in [7, 11) is 2.36. The maximum atomic E-state index is 14.8. The predicted octanol–water partition coefficient (Wildman–Crippen LogP) is 2.74. The van der Waals surface area contributed by atoms with Crippen LogP contribution in [-0.4, -0.2) is 54.0 Å². The molecule has 36 heavy (non-hydrogen) atoms. The molecular formula is C23H24F4N6O3. The summed E-state index contributed by atoms with van der Waals surface area (Å²) in [5.74, 6) is -2.60. The molecule has 1 aliphatic rings. The minimum absolute atomic E-state index is 0.0796. The second-order valence-electron chi connectivity index (χ2n) is 7.89. The number of nitrogens with zero attached hydrogens (tertiary/aromatic N) is 4. The number of aromatic nitrogens is 1. The number of ether oxygens (including phenoxy) is 1. The van der Waals surface area contributed by atoms with Crippen LogP contribution in [0.2, 0.25) is 0 Å². The third-order valence-corrected chi connectivity index (χ3v) is 5.73. The van der Waals surface area contributed by atoms with Crippen molar-refractivity contribution in [1.29, 1.82) is 0 Å². The third-order valence-electron chi connectivity index (χ3n) is 5.73. The number of methoxy groups -OCH3 is 1. The van der Waals surface area contributed by atoms with Gasteiger partial charge in [0.05, 0.1) is 13.4 Å². The van der Waals surface area contributed by atoms with E-state index in [2.05, 4.69) is 14.7 Å². The van der Waals surface area contributed by atoms with Gasteiger partial charge in [0.1, 0.15) is 18.1 Å². The molecule has 0 fully saturated rings. The molecule has 9 nitrogen and oxygen atoms in total. The van der Waals surface area contributed by atoms with Gasteiger partial charge in [-0.2, -0.15) is 13.2 Å². The summed E-state index contributed by atoms with van der Waals surface area (Å²) in [6.45, 7) is 0.232. The molecule has 0 saturated carbocycles. The highest BCUT2D eigenvalue weighted by molar-refractivity contribution is 6.09. The van der Waals surface area contributed by atoms with E-state index in [0.717, 1.165) is 36.7 Å². The molecule has 1 aromatic heterocycles. The van der Waals surface area contributed by atoms with E-state index in [1.54, 1.807) is 6.92 Å². The van der Waals surface area contributed by atoms with Gasteiger partial charge in [0.25, 0.3) is 5.91 Å². The van der Waals surface area contributed by atoms with Crippen molar-refractivity contribution in [1.82, 2.24) is 9.47 Å². The molecule has 2 heterocycles. The summed E-state index contributed by atoms with van der Waals surface area (Å²) in [6.07, 6.45) is -0.968. The number of nitrogens with two attached hydrogens (primary N) is 2. The summed E-state index contributed by atoms with van der Waals surface area (Å²) >= 11 is 0. The van der Waals surface area contributed by atoms with E-state index in [1.165, 1.54) is 25.4 Å². The van der Waals surface area contributed by atoms with Gasteiger partial charge in [-0.25, -0.2) is 19.2 Å². The predicted molar refractivity (Wildman–Crippen MR) is 124 cm³/mol. The van der Waals surface area contributed by atoms with Crippen LogP contribution in [0.25, 0.3) is 5.57 Å². The van der Waals surface area contributed by atoms with Crippen LogP contribution in [0.3, 0.4) is 0 Å². The molecule has 4 N–H and O–H groups in total. The molecule has 1 amide bonds. The SMILES string of the molecule is CC/C(=C\N=CN)c1cc(C2(c3cc(C(=O)OC)n(CC(F)(F)F)c3)N=C(N)N(C)C2=O)ccc1F. The zero-order chi connectivity index (χ0) is 26.8. The molecule has 0 saturated heterocycles. The molecule has 3 rings (SSSR count). The van der Waals surface area contributed by atoms with Crippen molar-refractivity contribution in [2.45, 2.75) is 31.6 Å². The number of aliphatic imine (C=N–C) groups is 2. The first kappa shape index (κ1) is 26.4. The van der Waals surface area contributed by atoms with Gasteiger partial charge < -0.3 is 20.8 Å². The van der Waals surface area contributed by atoms with Gasteiger partial charge in [0.2, 0.25) is 0 Å². The number of alkyl halides is 3. The molecule has 0 radical (unpaired) electrons. The first-order valence-electron chi connectivity index (χ1n) is 10.6. The highest BCUT2D eigenvalue weighted by Crippen LogP contribution is 2.42. The van der Waals surface area contributed by atoms with E-state index in [9.17, 15) is 27.2 Å². The fourth-order valence-electron chi connectivity index (χ4n) is 3.97. The van der Waals surface area contributed by atoms with Crippen molar-refractivity contribution < 1.29 is 31.9 Å². The molecule has 13 heteroatoms. The van der Waals surface area contributed by atoms with Crippen molar-refractivity contribution in [3.05, 3.63) is 64.9 Å². The fraction of sp³-hybridized carbons (Fsp3) is 0.304. The molecule has 2 aromatic rings. The summed E-state index contributed by atoms with van der Waals surface area (Å²) in [5, 5.41) is 0. The van der Waals surface area contributed by atoms with Crippen LogP contribution in [0.4, 0.5) is 17.6 Å². The van der Waals surface area contributed by atoms with Crippen LogP contribution in [0.1, 0.15) is 40.5 Å². The Morgan fingerprint density at radius 2 is 1.97 bits per heavy atom. The smallest absolute Gasteiger partial charge is 0.406 e. The molecule has 1 atom stereocenters. The Morgan fingerprint density at radius 3 is 2.50 bits per heavy atom. The van der Waals surface area contributed by atoms with Gasteiger partial charge >= 0.3 is 12.1 Å². The first-order chi connectivity index (χ1) is 16.9. The van der Waals surface area contributed by atoms with Crippen LogP contribution >= 0.6 is 0 Å². The number of benzene rings is 1. The topological polar surface area (TPSA) is 128 Å². The summed E-state index contributed by atoms with van der Waals surface area (Å²) < 4.78 is 59.9. The fourth-order valence-corrected chi connectivity index (χ4v) is 3.97. The number of esters is 1. The van der Waals surface area contributed by atoms with Gasteiger partial charge in [0, 0.05) is 30.6 Å². The number of halogens is 4. The van der Waals surface area contributed by atoms with E-state index in [-0.39, 0.29) is 22.6 Å². The number of hydrogen-bond acceptors (Lipinski definition) is 6. The average molecular weight is 508 g/mol. The Hall–Kier alpha value is -4.16. The van der Waals surface area contributed by atoms with Gasteiger partial charge in [-0.3, -0.25) is 9.69 Å². The largest absolute Gasteiger partial charge is 0.464 e. The lowest BCUT2D eigenvalue weighted by atomic mass is 9.82. The lowest BCUT2D eigenvalue weighted by molar-refractivity contribution is -0.140. The minimum atomic E-state index is -4.68. The van der Waals surface area contributed by atoms with E-state index in [1.807, 2.05) is 0 Å². The van der Waals surface area contributed by atoms with Gasteiger partial charge in [-0.1, -0.05) is 13.0 Å². The van der Waals surface area contributed by atoms with Crippen molar-refractivity contribution in [2.24, 2.45) is 21.5 Å².